The molecule has 1 N–H and O–H groups in total. The Bertz CT molecular complexity index is 1050. The van der Waals surface area contributed by atoms with E-state index in [1.807, 2.05) is 57.5 Å². The van der Waals surface area contributed by atoms with Gasteiger partial charge in [0.15, 0.2) is 0 Å². The molecule has 1 fully saturated rings. The molecule has 2 heterocycles. The summed E-state index contributed by atoms with van der Waals surface area (Å²) in [6, 6.07) is 5.76. The van der Waals surface area contributed by atoms with Crippen molar-refractivity contribution < 1.29 is 28.4 Å². The Morgan fingerprint density at radius 1 is 1.12 bits per heavy atom. The Morgan fingerprint density at radius 3 is 2.27 bits per heavy atom. The number of hydrogen-bond acceptors (Lipinski definition) is 6. The van der Waals surface area contributed by atoms with Crippen LogP contribution in [0, 0.1) is 0 Å². The number of rotatable bonds is 5. The number of nitrogens with one attached hydrogen (secondary N) is 1. The fraction of sp³-hybridized carbons (Fsp3) is 0.583. The monoisotopic (exact) mass is 458 g/mol. The van der Waals surface area contributed by atoms with Crippen molar-refractivity contribution >= 4 is 35.5 Å². The molecule has 9 heteroatoms. The second kappa shape index (κ2) is 8.68. The molecule has 1 aromatic carbocycles. The van der Waals surface area contributed by atoms with Crippen LogP contribution < -0.4 is 10.8 Å². The van der Waals surface area contributed by atoms with Crippen molar-refractivity contribution in [3.63, 3.8) is 0 Å². The minimum Gasteiger partial charge on any atom is -0.462 e. The van der Waals surface area contributed by atoms with Crippen LogP contribution in [0.4, 0.5) is 4.79 Å². The number of aromatic nitrogens is 1. The molecule has 0 spiro atoms. The average molecular weight is 458 g/mol. The maximum Gasteiger partial charge on any atom is 0.494 e. The number of fused-ring (bicyclic) bond motifs is 1. The molecule has 1 saturated heterocycles. The highest BCUT2D eigenvalue weighted by molar-refractivity contribution is 6.62. The van der Waals surface area contributed by atoms with Crippen LogP contribution in [-0.2, 0) is 32.4 Å². The van der Waals surface area contributed by atoms with Crippen LogP contribution in [0.5, 0.6) is 0 Å². The molecule has 1 aliphatic heterocycles. The average Bonchev–Trinajstić information content (AvgIpc) is 3.07. The van der Waals surface area contributed by atoms with Gasteiger partial charge in [-0.3, -0.25) is 0 Å². The lowest BCUT2D eigenvalue weighted by Gasteiger charge is -2.32. The first-order valence-corrected chi connectivity index (χ1v) is 11.3. The van der Waals surface area contributed by atoms with E-state index >= 15 is 0 Å². The van der Waals surface area contributed by atoms with Gasteiger partial charge < -0.3 is 28.7 Å². The van der Waals surface area contributed by atoms with Gasteiger partial charge >= 0.3 is 19.2 Å². The largest absolute Gasteiger partial charge is 0.494 e. The molecule has 33 heavy (non-hydrogen) atoms. The van der Waals surface area contributed by atoms with E-state index in [9.17, 15) is 9.59 Å². The van der Waals surface area contributed by atoms with E-state index in [4.69, 9.17) is 18.8 Å². The number of aryl methyl sites for hydroxylation is 1. The zero-order chi connectivity index (χ0) is 24.8. The van der Waals surface area contributed by atoms with Gasteiger partial charge in [0, 0.05) is 18.0 Å². The molecule has 0 bridgehead atoms. The van der Waals surface area contributed by atoms with Crippen molar-refractivity contribution in [2.24, 2.45) is 7.05 Å². The van der Waals surface area contributed by atoms with E-state index < -0.39 is 36.0 Å². The van der Waals surface area contributed by atoms with E-state index in [-0.39, 0.29) is 13.2 Å². The van der Waals surface area contributed by atoms with Gasteiger partial charge in [0.25, 0.3) is 0 Å². The number of carbonyl (C=O) groups excluding carboxylic acids is 2. The molecule has 0 unspecified atom stereocenters. The third kappa shape index (κ3) is 5.04. The minimum atomic E-state index is -0.620. The number of carbonyl (C=O) groups is 2. The zero-order valence-electron chi connectivity index (χ0n) is 21.1. The smallest absolute Gasteiger partial charge is 0.462 e. The summed E-state index contributed by atoms with van der Waals surface area (Å²) in [4.78, 5) is 25.2. The molecule has 0 atom stereocenters. The molecule has 0 aliphatic carbocycles. The third-order valence-electron chi connectivity index (χ3n) is 6.15. The summed E-state index contributed by atoms with van der Waals surface area (Å²) in [6.07, 6.45) is -0.555. The first-order valence-electron chi connectivity index (χ1n) is 11.3. The molecule has 180 valence electrons. The van der Waals surface area contributed by atoms with Gasteiger partial charge in [-0.05, 0) is 66.9 Å². The summed E-state index contributed by atoms with van der Waals surface area (Å²) < 4.78 is 25.0. The van der Waals surface area contributed by atoms with E-state index in [0.717, 1.165) is 11.0 Å². The predicted molar refractivity (Wildman–Crippen MR) is 128 cm³/mol. The number of esters is 1. The van der Waals surface area contributed by atoms with Crippen LogP contribution in [0.15, 0.2) is 18.2 Å². The number of ether oxygens (including phenoxy) is 2. The molecule has 1 aromatic heterocycles. The Kier molecular flexibility index (Phi) is 6.61. The number of hydrogen-bond donors (Lipinski definition) is 1. The second-order valence-electron chi connectivity index (χ2n) is 10.3. The first kappa shape index (κ1) is 25.1. The van der Waals surface area contributed by atoms with E-state index in [1.54, 1.807) is 27.7 Å². The van der Waals surface area contributed by atoms with Crippen molar-refractivity contribution in [3.05, 3.63) is 29.5 Å². The van der Waals surface area contributed by atoms with E-state index in [2.05, 4.69) is 5.32 Å². The van der Waals surface area contributed by atoms with E-state index in [1.165, 1.54) is 0 Å². The minimum absolute atomic E-state index is 0.111. The second-order valence-corrected chi connectivity index (χ2v) is 10.3. The van der Waals surface area contributed by atoms with Gasteiger partial charge in [-0.25, -0.2) is 9.59 Å². The topological polar surface area (TPSA) is 88.0 Å². The summed E-state index contributed by atoms with van der Waals surface area (Å²) in [5, 5.41) is 3.46. The van der Waals surface area contributed by atoms with Gasteiger partial charge in [0.05, 0.1) is 35.6 Å². The summed E-state index contributed by atoms with van der Waals surface area (Å²) in [5.74, 6) is -0.449. The highest BCUT2D eigenvalue weighted by Gasteiger charge is 2.51. The van der Waals surface area contributed by atoms with Crippen molar-refractivity contribution in [2.45, 2.75) is 78.7 Å². The van der Waals surface area contributed by atoms with Crippen LogP contribution in [0.1, 0.15) is 71.4 Å². The normalized spacial score (nSPS) is 17.3. The van der Waals surface area contributed by atoms with Gasteiger partial charge in [-0.2, -0.15) is 0 Å². The first-order chi connectivity index (χ1) is 15.2. The highest BCUT2D eigenvalue weighted by atomic mass is 16.7. The molecule has 0 saturated carbocycles. The van der Waals surface area contributed by atoms with Gasteiger partial charge in [0.2, 0.25) is 0 Å². The highest BCUT2D eigenvalue weighted by Crippen LogP contribution is 2.37. The fourth-order valence-corrected chi connectivity index (χ4v) is 3.75. The van der Waals surface area contributed by atoms with Crippen LogP contribution in [-0.4, -0.2) is 47.2 Å². The number of benzene rings is 1. The zero-order valence-corrected chi connectivity index (χ0v) is 21.1. The van der Waals surface area contributed by atoms with Gasteiger partial charge in [-0.15, -0.1) is 0 Å². The molecular formula is C24H35BN2O6. The van der Waals surface area contributed by atoms with Crippen LogP contribution in [0.25, 0.3) is 10.9 Å². The summed E-state index contributed by atoms with van der Waals surface area (Å²) in [7, 11) is 1.30. The van der Waals surface area contributed by atoms with Crippen molar-refractivity contribution in [1.82, 2.24) is 9.88 Å². The van der Waals surface area contributed by atoms with Crippen molar-refractivity contribution in [1.29, 1.82) is 0 Å². The molecule has 1 aliphatic rings. The van der Waals surface area contributed by atoms with Crippen LogP contribution in [0.2, 0.25) is 0 Å². The Labute approximate surface area is 196 Å². The lowest BCUT2D eigenvalue weighted by Crippen LogP contribution is -2.41. The Hall–Kier alpha value is -2.52. The Balaban J connectivity index is 2.01. The number of amides is 1. The third-order valence-corrected chi connectivity index (χ3v) is 6.15. The van der Waals surface area contributed by atoms with Crippen LogP contribution >= 0.6 is 0 Å². The summed E-state index contributed by atoms with van der Waals surface area (Å²) in [6.45, 7) is 15.5. The lowest BCUT2D eigenvalue weighted by atomic mass is 9.78. The number of nitrogens with zero attached hydrogens (tertiary/aromatic N) is 1. The van der Waals surface area contributed by atoms with Gasteiger partial charge in [0.1, 0.15) is 5.60 Å². The van der Waals surface area contributed by atoms with Crippen molar-refractivity contribution in [2.75, 3.05) is 6.61 Å². The van der Waals surface area contributed by atoms with Crippen molar-refractivity contribution in [3.8, 4) is 0 Å². The lowest BCUT2D eigenvalue weighted by molar-refractivity contribution is 0.00578. The number of alkyl carbamates (subject to hydrolysis) is 1. The summed E-state index contributed by atoms with van der Waals surface area (Å²) >= 11 is 0. The SMILES string of the molecule is CCOC(=O)c1c(CNC(=O)OC(C)(C)C)n(C)c2ccc(B3OC(C)(C)C(C)(C)O3)cc12. The predicted octanol–water partition coefficient (Wildman–Crippen LogP) is 3.68. The molecule has 1 amide bonds. The van der Waals surface area contributed by atoms with E-state index in [0.29, 0.717) is 16.6 Å². The molecule has 0 radical (unpaired) electrons. The molecular weight excluding hydrogens is 423 g/mol. The standard InChI is InChI=1S/C24H35BN2O6/c1-10-30-20(28)19-16-13-15(25-32-23(5,6)24(7,8)33-25)11-12-17(16)27(9)18(19)14-26-21(29)31-22(2,3)4/h11-13H,10,14H2,1-9H3,(H,26,29). The fourth-order valence-electron chi connectivity index (χ4n) is 3.75. The Morgan fingerprint density at radius 2 is 1.73 bits per heavy atom. The quantitative estimate of drug-likeness (QED) is 0.544. The molecule has 2 aromatic rings. The van der Waals surface area contributed by atoms with Crippen LogP contribution in [0.3, 0.4) is 0 Å². The van der Waals surface area contributed by atoms with Gasteiger partial charge in [-0.1, -0.05) is 12.1 Å². The summed E-state index contributed by atoms with van der Waals surface area (Å²) in [5.41, 5.74) is 1.10. The maximum absolute atomic E-state index is 13.0. The molecule has 8 nitrogen and oxygen atoms in total. The maximum atomic E-state index is 13.0. The molecule has 3 rings (SSSR count).